The van der Waals surface area contributed by atoms with E-state index in [2.05, 4.69) is 34.7 Å². The van der Waals surface area contributed by atoms with Gasteiger partial charge in [0.25, 0.3) is 0 Å². The Morgan fingerprint density at radius 1 is 1.62 bits per heavy atom. The van der Waals surface area contributed by atoms with E-state index in [1.807, 2.05) is 6.07 Å². The summed E-state index contributed by atoms with van der Waals surface area (Å²) in [6.45, 7) is 6.06. The Hall–Kier alpha value is -1.36. The topological polar surface area (TPSA) is 69.8 Å². The summed E-state index contributed by atoms with van der Waals surface area (Å²) in [5.74, 6) is 1.56. The lowest BCUT2D eigenvalue weighted by Crippen LogP contribution is -2.43. The van der Waals surface area contributed by atoms with Crippen LogP contribution in [-0.2, 0) is 4.79 Å². The number of nitrogens with zero attached hydrogens (tertiary/aromatic N) is 1. The summed E-state index contributed by atoms with van der Waals surface area (Å²) >= 11 is 0. The average Bonchev–Trinajstić information content (AvgIpc) is 2.60. The Morgan fingerprint density at radius 3 is 2.88 bits per heavy atom. The fourth-order valence-corrected chi connectivity index (χ4v) is 1.65. The lowest BCUT2D eigenvalue weighted by atomic mass is 9.99. The molecule has 1 amide bonds. The molecule has 2 heterocycles. The van der Waals surface area contributed by atoms with Crippen molar-refractivity contribution in [3.63, 3.8) is 0 Å². The number of carbonyl (C=O) groups is 1. The molecule has 0 aliphatic carbocycles. The molecule has 0 radical (unpaired) electrons. The van der Waals surface area contributed by atoms with Crippen LogP contribution in [0.15, 0.2) is 6.07 Å². The molecule has 1 aliphatic rings. The summed E-state index contributed by atoms with van der Waals surface area (Å²) in [6, 6.07) is 1.89. The van der Waals surface area contributed by atoms with Gasteiger partial charge in [-0.05, 0) is 24.9 Å². The zero-order valence-electron chi connectivity index (χ0n) is 9.71. The number of hydrogen-bond donors (Lipinski definition) is 3. The van der Waals surface area contributed by atoms with Crippen LogP contribution in [0, 0.1) is 5.92 Å². The highest BCUT2D eigenvalue weighted by molar-refractivity contribution is 5.90. The van der Waals surface area contributed by atoms with Crippen LogP contribution < -0.4 is 10.6 Å². The number of amides is 1. The fourth-order valence-electron chi connectivity index (χ4n) is 1.65. The van der Waals surface area contributed by atoms with Crippen molar-refractivity contribution in [2.45, 2.75) is 26.2 Å². The molecular formula is C11H18N4O. The molecule has 5 heteroatoms. The van der Waals surface area contributed by atoms with Gasteiger partial charge >= 0.3 is 0 Å². The zero-order valence-corrected chi connectivity index (χ0v) is 9.71. The predicted octanol–water partition coefficient (Wildman–Crippen LogP) is 1.08. The van der Waals surface area contributed by atoms with E-state index < -0.39 is 0 Å². The molecule has 1 saturated heterocycles. The van der Waals surface area contributed by atoms with Gasteiger partial charge in [-0.2, -0.15) is 5.10 Å². The minimum atomic E-state index is 0.0494. The summed E-state index contributed by atoms with van der Waals surface area (Å²) < 4.78 is 0. The second kappa shape index (κ2) is 4.65. The SMILES string of the molecule is CC(C)c1cc(NC(=O)CC2CNC2)n[nH]1. The largest absolute Gasteiger partial charge is 0.316 e. The average molecular weight is 222 g/mol. The molecule has 16 heavy (non-hydrogen) atoms. The minimum absolute atomic E-state index is 0.0494. The molecule has 5 nitrogen and oxygen atoms in total. The monoisotopic (exact) mass is 222 g/mol. The molecule has 3 N–H and O–H groups in total. The van der Waals surface area contributed by atoms with E-state index in [9.17, 15) is 4.79 Å². The molecule has 1 fully saturated rings. The normalized spacial score (nSPS) is 16.2. The molecule has 0 aromatic carbocycles. The van der Waals surface area contributed by atoms with Gasteiger partial charge < -0.3 is 10.6 Å². The zero-order chi connectivity index (χ0) is 11.5. The molecule has 0 unspecified atom stereocenters. The lowest BCUT2D eigenvalue weighted by molar-refractivity contribution is -0.117. The van der Waals surface area contributed by atoms with Gasteiger partial charge in [0, 0.05) is 18.2 Å². The maximum Gasteiger partial charge on any atom is 0.225 e. The maximum atomic E-state index is 11.6. The first kappa shape index (κ1) is 11.1. The van der Waals surface area contributed by atoms with Crippen molar-refractivity contribution in [2.75, 3.05) is 18.4 Å². The Kier molecular flexibility index (Phi) is 3.24. The Bertz CT molecular complexity index is 368. The summed E-state index contributed by atoms with van der Waals surface area (Å²) in [4.78, 5) is 11.6. The lowest BCUT2D eigenvalue weighted by Gasteiger charge is -2.26. The minimum Gasteiger partial charge on any atom is -0.316 e. The molecule has 0 spiro atoms. The number of anilines is 1. The van der Waals surface area contributed by atoms with Crippen LogP contribution >= 0.6 is 0 Å². The van der Waals surface area contributed by atoms with Crippen molar-refractivity contribution in [2.24, 2.45) is 5.92 Å². The van der Waals surface area contributed by atoms with Gasteiger partial charge in [-0.1, -0.05) is 13.8 Å². The molecule has 2 rings (SSSR count). The smallest absolute Gasteiger partial charge is 0.225 e. The van der Waals surface area contributed by atoms with Crippen molar-refractivity contribution in [1.29, 1.82) is 0 Å². The summed E-state index contributed by atoms with van der Waals surface area (Å²) in [7, 11) is 0. The molecule has 0 atom stereocenters. The predicted molar refractivity (Wildman–Crippen MR) is 62.3 cm³/mol. The van der Waals surface area contributed by atoms with Crippen molar-refractivity contribution in [3.8, 4) is 0 Å². The van der Waals surface area contributed by atoms with Crippen molar-refractivity contribution in [3.05, 3.63) is 11.8 Å². The van der Waals surface area contributed by atoms with Gasteiger partial charge in [0.05, 0.1) is 0 Å². The third-order valence-corrected chi connectivity index (χ3v) is 2.83. The first-order valence-corrected chi connectivity index (χ1v) is 5.71. The van der Waals surface area contributed by atoms with Crippen LogP contribution in [0.3, 0.4) is 0 Å². The van der Waals surface area contributed by atoms with Crippen molar-refractivity contribution >= 4 is 11.7 Å². The molecule has 0 saturated carbocycles. The Morgan fingerprint density at radius 2 is 2.38 bits per heavy atom. The standard InChI is InChI=1S/C11H18N4O/c1-7(2)9-4-10(15-14-9)13-11(16)3-8-5-12-6-8/h4,7-8,12H,3,5-6H2,1-2H3,(H2,13,14,15,16). The first-order chi connectivity index (χ1) is 7.65. The van der Waals surface area contributed by atoms with Gasteiger partial charge in [0.1, 0.15) is 0 Å². The quantitative estimate of drug-likeness (QED) is 0.714. The first-order valence-electron chi connectivity index (χ1n) is 5.71. The summed E-state index contributed by atoms with van der Waals surface area (Å²) in [5, 5.41) is 12.9. The number of aromatic amines is 1. The van der Waals surface area contributed by atoms with E-state index in [0.717, 1.165) is 18.8 Å². The highest BCUT2D eigenvalue weighted by atomic mass is 16.1. The third kappa shape index (κ3) is 2.61. The van der Waals surface area contributed by atoms with E-state index in [1.165, 1.54) is 0 Å². The fraction of sp³-hybridized carbons (Fsp3) is 0.636. The van der Waals surface area contributed by atoms with E-state index in [4.69, 9.17) is 0 Å². The molecule has 1 aliphatic heterocycles. The van der Waals surface area contributed by atoms with Crippen LogP contribution in [0.2, 0.25) is 0 Å². The number of carbonyl (C=O) groups excluding carboxylic acids is 1. The van der Waals surface area contributed by atoms with Gasteiger partial charge in [-0.15, -0.1) is 0 Å². The third-order valence-electron chi connectivity index (χ3n) is 2.83. The van der Waals surface area contributed by atoms with Crippen molar-refractivity contribution in [1.82, 2.24) is 15.5 Å². The van der Waals surface area contributed by atoms with Crippen LogP contribution in [0.4, 0.5) is 5.82 Å². The van der Waals surface area contributed by atoms with Gasteiger partial charge in [-0.3, -0.25) is 9.89 Å². The number of hydrogen-bond acceptors (Lipinski definition) is 3. The highest BCUT2D eigenvalue weighted by Gasteiger charge is 2.20. The molecule has 1 aromatic rings. The second-order valence-electron chi connectivity index (χ2n) is 4.64. The van der Waals surface area contributed by atoms with Crippen LogP contribution in [-0.4, -0.2) is 29.2 Å². The van der Waals surface area contributed by atoms with E-state index >= 15 is 0 Å². The Labute approximate surface area is 95.0 Å². The van der Waals surface area contributed by atoms with E-state index in [0.29, 0.717) is 24.1 Å². The Balaban J connectivity index is 1.85. The number of aromatic nitrogens is 2. The number of rotatable bonds is 4. The van der Waals surface area contributed by atoms with Crippen molar-refractivity contribution < 1.29 is 4.79 Å². The maximum absolute atomic E-state index is 11.6. The molecule has 1 aromatic heterocycles. The van der Waals surface area contributed by atoms with E-state index in [-0.39, 0.29) is 5.91 Å². The number of H-pyrrole nitrogens is 1. The van der Waals surface area contributed by atoms with Gasteiger partial charge in [0.15, 0.2) is 5.82 Å². The molecule has 0 bridgehead atoms. The molecule has 88 valence electrons. The van der Waals surface area contributed by atoms with Gasteiger partial charge in [0.2, 0.25) is 5.91 Å². The second-order valence-corrected chi connectivity index (χ2v) is 4.64. The molecular weight excluding hydrogens is 204 g/mol. The highest BCUT2D eigenvalue weighted by Crippen LogP contribution is 2.15. The number of nitrogens with one attached hydrogen (secondary N) is 3. The van der Waals surface area contributed by atoms with Crippen LogP contribution in [0.1, 0.15) is 31.9 Å². The summed E-state index contributed by atoms with van der Waals surface area (Å²) in [5.41, 5.74) is 1.04. The van der Waals surface area contributed by atoms with Crippen LogP contribution in [0.5, 0.6) is 0 Å². The van der Waals surface area contributed by atoms with E-state index in [1.54, 1.807) is 0 Å². The summed E-state index contributed by atoms with van der Waals surface area (Å²) in [6.07, 6.45) is 0.580. The van der Waals surface area contributed by atoms with Crippen LogP contribution in [0.25, 0.3) is 0 Å². The van der Waals surface area contributed by atoms with Gasteiger partial charge in [-0.25, -0.2) is 0 Å².